The number of fused-ring (bicyclic) bond motifs is 4. The van der Waals surface area contributed by atoms with Gasteiger partial charge in [-0.05, 0) is 93.5 Å². The van der Waals surface area contributed by atoms with E-state index in [0.29, 0.717) is 36.1 Å². The molecule has 2 amide bonds. The summed E-state index contributed by atoms with van der Waals surface area (Å²) in [6.45, 7) is 12.5. The molecule has 5 atom stereocenters. The van der Waals surface area contributed by atoms with E-state index in [-0.39, 0.29) is 23.6 Å². The first kappa shape index (κ1) is 37.0. The van der Waals surface area contributed by atoms with Crippen LogP contribution in [0.25, 0.3) is 5.65 Å². The van der Waals surface area contributed by atoms with Crippen LogP contribution in [0.1, 0.15) is 95.1 Å². The second-order valence-corrected chi connectivity index (χ2v) is 17.0. The van der Waals surface area contributed by atoms with E-state index < -0.39 is 0 Å². The van der Waals surface area contributed by atoms with E-state index in [2.05, 4.69) is 73.8 Å². The van der Waals surface area contributed by atoms with Gasteiger partial charge in [0.15, 0.2) is 5.65 Å². The smallest absolute Gasteiger partial charge is 0.320 e. The number of carbonyl (C=O) groups excluding carboxylic acids is 1. The standard InChI is InChI=1S/C43H56N10O2/c1-28-11-8-9-20-52(28)42-49-48-40-19-16-33(27-53(40)42)55-37-18-17-36(34-14-6-7-15-35(34)37)46-41(54)47-39(23-38(44)43(2,3)4)45-30-13-10-12-29(21-30)24-51-26-31-22-32(51)25-50(31)5/h6-7,10,12-16,19,21,23,27-28,31-32,36-37H,8-9,11,17-18,20,22,24-26,44H2,1-5H3,(H2,45,46,47,54)/t28-,31-,32-,36-,37+/m0/s1. The number of ether oxygens (including phenoxy) is 1. The Balaban J connectivity index is 0.972. The average Bonchev–Trinajstić information content (AvgIpc) is 3.86. The average molecular weight is 745 g/mol. The molecule has 290 valence electrons. The van der Waals surface area contributed by atoms with Gasteiger partial charge in [-0.25, -0.2) is 9.79 Å². The van der Waals surface area contributed by atoms with Crippen LogP contribution in [-0.2, 0) is 6.54 Å². The highest BCUT2D eigenvalue weighted by Crippen LogP contribution is 2.39. The molecule has 0 saturated carbocycles. The van der Waals surface area contributed by atoms with Crippen molar-refractivity contribution in [3.05, 3.63) is 95.3 Å². The summed E-state index contributed by atoms with van der Waals surface area (Å²) in [7, 11) is 2.23. The molecule has 1 aliphatic carbocycles. The number of piperidine rings is 1. The van der Waals surface area contributed by atoms with E-state index in [1.54, 1.807) is 6.08 Å². The molecule has 4 N–H and O–H groups in total. The van der Waals surface area contributed by atoms with Gasteiger partial charge in [0.25, 0.3) is 0 Å². The van der Waals surface area contributed by atoms with E-state index in [9.17, 15) is 4.79 Å². The van der Waals surface area contributed by atoms with E-state index in [1.807, 2.05) is 67.8 Å². The summed E-state index contributed by atoms with van der Waals surface area (Å²) in [5.41, 5.74) is 11.8. The fraction of sp³-hybridized carbons (Fsp3) is 0.488. The molecule has 3 saturated heterocycles. The van der Waals surface area contributed by atoms with Gasteiger partial charge in [-0.15, -0.1) is 10.2 Å². The van der Waals surface area contributed by atoms with E-state index >= 15 is 0 Å². The fourth-order valence-electron chi connectivity index (χ4n) is 8.72. The van der Waals surface area contributed by atoms with E-state index in [4.69, 9.17) is 15.5 Å². The van der Waals surface area contributed by atoms with Crippen LogP contribution in [-0.4, -0.2) is 81.1 Å². The molecule has 2 bridgehead atoms. The van der Waals surface area contributed by atoms with Crippen molar-refractivity contribution in [3.63, 3.8) is 0 Å². The number of rotatable bonds is 8. The summed E-state index contributed by atoms with van der Waals surface area (Å²) >= 11 is 0. The number of aromatic nitrogens is 3. The monoisotopic (exact) mass is 744 g/mol. The lowest BCUT2D eigenvalue weighted by atomic mass is 9.85. The third-order valence-electron chi connectivity index (χ3n) is 12.0. The van der Waals surface area contributed by atoms with Crippen molar-refractivity contribution in [2.45, 2.75) is 103 Å². The number of nitrogens with zero attached hydrogens (tertiary/aromatic N) is 7. The summed E-state index contributed by atoms with van der Waals surface area (Å²) in [6.07, 6.45) is 9.86. The number of anilines is 1. The highest BCUT2D eigenvalue weighted by atomic mass is 16.5. The van der Waals surface area contributed by atoms with Crippen molar-refractivity contribution in [2.24, 2.45) is 16.1 Å². The molecule has 12 nitrogen and oxygen atoms in total. The number of nitrogens with two attached hydrogens (primary N) is 1. The number of benzene rings is 2. The van der Waals surface area contributed by atoms with Gasteiger partial charge in [0, 0.05) is 61.5 Å². The second kappa shape index (κ2) is 15.3. The number of nitrogens with one attached hydrogen (secondary N) is 2. The van der Waals surface area contributed by atoms with E-state index in [1.165, 1.54) is 18.4 Å². The van der Waals surface area contributed by atoms with Gasteiger partial charge in [-0.3, -0.25) is 14.6 Å². The van der Waals surface area contributed by atoms with Crippen molar-refractivity contribution < 1.29 is 9.53 Å². The predicted molar refractivity (Wildman–Crippen MR) is 218 cm³/mol. The lowest BCUT2D eigenvalue weighted by Gasteiger charge is -2.33. The highest BCUT2D eigenvalue weighted by Gasteiger charge is 2.41. The number of pyridine rings is 1. The summed E-state index contributed by atoms with van der Waals surface area (Å²) in [4.78, 5) is 26.1. The van der Waals surface area contributed by atoms with Crippen molar-refractivity contribution in [1.82, 2.24) is 35.0 Å². The first-order valence-corrected chi connectivity index (χ1v) is 20.0. The Morgan fingerprint density at radius 2 is 1.84 bits per heavy atom. The number of aliphatic imine (C=N–C) groups is 1. The maximum Gasteiger partial charge on any atom is 0.320 e. The zero-order chi connectivity index (χ0) is 38.3. The highest BCUT2D eigenvalue weighted by molar-refractivity contribution is 6.05. The van der Waals surface area contributed by atoms with Gasteiger partial charge < -0.3 is 25.6 Å². The van der Waals surface area contributed by atoms with Crippen molar-refractivity contribution in [3.8, 4) is 5.75 Å². The number of likely N-dealkylation sites (N-methyl/N-ethyl adjacent to an activating group) is 1. The molecular formula is C43H56N10O2. The van der Waals surface area contributed by atoms with Crippen LogP contribution >= 0.6 is 0 Å². The van der Waals surface area contributed by atoms with Crippen molar-refractivity contribution in [1.29, 1.82) is 0 Å². The van der Waals surface area contributed by atoms with Crippen LogP contribution in [0.4, 0.5) is 16.4 Å². The van der Waals surface area contributed by atoms with Crippen LogP contribution in [0.2, 0.25) is 0 Å². The Hall–Kier alpha value is -4.94. The molecule has 5 heterocycles. The fourth-order valence-corrected chi connectivity index (χ4v) is 8.72. The summed E-state index contributed by atoms with van der Waals surface area (Å²) in [6, 6.07) is 21.6. The number of piperazine rings is 1. The second-order valence-electron chi connectivity index (χ2n) is 17.0. The van der Waals surface area contributed by atoms with Gasteiger partial charge in [-0.1, -0.05) is 57.2 Å². The zero-order valence-corrected chi connectivity index (χ0v) is 32.9. The topological polar surface area (TPSA) is 129 Å². The summed E-state index contributed by atoms with van der Waals surface area (Å²) in [5, 5.41) is 15.3. The Kier molecular flexibility index (Phi) is 10.3. The molecule has 3 fully saturated rings. The van der Waals surface area contributed by atoms with Crippen LogP contribution < -0.4 is 26.0 Å². The maximum atomic E-state index is 13.8. The molecule has 0 radical (unpaired) electrons. The number of amides is 2. The number of carbonyl (C=O) groups is 1. The third kappa shape index (κ3) is 8.07. The van der Waals surface area contributed by atoms with Gasteiger partial charge in [-0.2, -0.15) is 0 Å². The van der Waals surface area contributed by atoms with Gasteiger partial charge in [0.1, 0.15) is 17.7 Å². The molecule has 0 unspecified atom stereocenters. The Bertz CT molecular complexity index is 2080. The van der Waals surface area contributed by atoms with Gasteiger partial charge in [0.2, 0.25) is 5.95 Å². The summed E-state index contributed by atoms with van der Waals surface area (Å²) < 4.78 is 8.74. The first-order valence-electron chi connectivity index (χ1n) is 20.0. The number of allylic oxidation sites excluding steroid dienone is 1. The maximum absolute atomic E-state index is 13.8. The number of likely N-dealkylation sites (tertiary alicyclic amines) is 2. The molecule has 4 aromatic rings. The molecule has 55 heavy (non-hydrogen) atoms. The lowest BCUT2D eigenvalue weighted by molar-refractivity contribution is 0.143. The normalized spacial score (nSPS) is 25.0. The van der Waals surface area contributed by atoms with Gasteiger partial charge in [0.05, 0.1) is 17.9 Å². The molecule has 0 spiro atoms. The van der Waals surface area contributed by atoms with Crippen LogP contribution in [0.15, 0.2) is 83.6 Å². The quantitative estimate of drug-likeness (QED) is 0.132. The molecular weight excluding hydrogens is 689 g/mol. The summed E-state index contributed by atoms with van der Waals surface area (Å²) in [5.74, 6) is 2.02. The Morgan fingerprint density at radius 1 is 1.00 bits per heavy atom. The van der Waals surface area contributed by atoms with Crippen molar-refractivity contribution in [2.75, 3.05) is 31.6 Å². The molecule has 2 aromatic heterocycles. The minimum Gasteiger partial charge on any atom is -0.484 e. The molecule has 4 aliphatic rings. The first-order chi connectivity index (χ1) is 26.5. The number of hydrogen-bond acceptors (Lipinski definition) is 9. The minimum atomic E-state index is -0.332. The molecule has 12 heteroatoms. The minimum absolute atomic E-state index is 0.167. The van der Waals surface area contributed by atoms with Crippen LogP contribution in [0.3, 0.4) is 0 Å². The SMILES string of the molecule is C[C@H]1CCCCN1c1nnc2ccc(O[C@@H]3CC[C@H](NC(=O)NC(C=C(N)C(C)(C)C)=Nc4cccc(CN5C[C@@H]6C[C@H]5CN6C)c4)c4ccccc43)cn12. The molecule has 8 rings (SSSR count). The molecule has 2 aromatic carbocycles. The predicted octanol–water partition coefficient (Wildman–Crippen LogP) is 6.87. The number of hydrogen-bond donors (Lipinski definition) is 3. The van der Waals surface area contributed by atoms with Crippen LogP contribution in [0.5, 0.6) is 5.75 Å². The zero-order valence-electron chi connectivity index (χ0n) is 32.9. The lowest BCUT2D eigenvalue weighted by Crippen LogP contribution is -2.43. The van der Waals surface area contributed by atoms with Crippen molar-refractivity contribution >= 4 is 29.1 Å². The Labute approximate surface area is 324 Å². The van der Waals surface area contributed by atoms with E-state index in [0.717, 1.165) is 79.6 Å². The van der Waals surface area contributed by atoms with Crippen LogP contribution in [0, 0.1) is 5.41 Å². The number of urea groups is 1. The number of amidine groups is 1. The van der Waals surface area contributed by atoms with Gasteiger partial charge >= 0.3 is 6.03 Å². The third-order valence-corrected chi connectivity index (χ3v) is 12.0. The largest absolute Gasteiger partial charge is 0.484 e. The molecule has 3 aliphatic heterocycles. The Morgan fingerprint density at radius 3 is 2.60 bits per heavy atom.